The average molecular weight is 958 g/mol. The molecule has 3 aliphatic heterocycles. The Morgan fingerprint density at radius 3 is 2.33 bits per heavy atom. The number of carbonyl (C=O) groups excluding carboxylic acids is 4. The molecule has 7 rings (SSSR count). The van der Waals surface area contributed by atoms with Crippen molar-refractivity contribution in [2.45, 2.75) is 77.8 Å². The van der Waals surface area contributed by atoms with Gasteiger partial charge in [0.05, 0.1) is 58.7 Å². The van der Waals surface area contributed by atoms with Gasteiger partial charge >= 0.3 is 6.18 Å². The Balaban J connectivity index is 0.842. The number of nitrogens with zero attached hydrogens (tertiary/aromatic N) is 6. The van der Waals surface area contributed by atoms with Crippen LogP contribution < -0.4 is 19.9 Å². The third kappa shape index (κ3) is 10.5. The second-order valence-corrected chi connectivity index (χ2v) is 18.3. The van der Waals surface area contributed by atoms with E-state index in [9.17, 15) is 37.6 Å². The Hall–Kier alpha value is -6.36. The van der Waals surface area contributed by atoms with E-state index in [4.69, 9.17) is 26.4 Å². The topological polar surface area (TPSA) is 158 Å². The molecule has 0 radical (unpaired) electrons. The maximum atomic E-state index is 14.1. The van der Waals surface area contributed by atoms with Crippen molar-refractivity contribution >= 4 is 63.7 Å². The van der Waals surface area contributed by atoms with E-state index in [1.165, 1.54) is 17.0 Å². The van der Waals surface area contributed by atoms with Crippen LogP contribution in [-0.4, -0.2) is 101 Å². The van der Waals surface area contributed by atoms with Gasteiger partial charge in [-0.3, -0.25) is 24.1 Å². The summed E-state index contributed by atoms with van der Waals surface area (Å²) in [4.78, 5) is 65.4. The summed E-state index contributed by atoms with van der Waals surface area (Å²) in [5.41, 5.74) is 2.23. The highest BCUT2D eigenvalue weighted by atomic mass is 32.1. The first-order chi connectivity index (χ1) is 31.9. The van der Waals surface area contributed by atoms with Crippen LogP contribution in [-0.2, 0) is 41.4 Å². The van der Waals surface area contributed by atoms with Crippen LogP contribution in [0.1, 0.15) is 62.9 Å². The number of benzene rings is 3. The van der Waals surface area contributed by atoms with E-state index >= 15 is 0 Å². The predicted molar refractivity (Wildman–Crippen MR) is 249 cm³/mol. The van der Waals surface area contributed by atoms with E-state index in [2.05, 4.69) is 10.3 Å². The lowest BCUT2D eigenvalue weighted by Crippen LogP contribution is -2.55. The molecular formula is C48H50F3N7O7S2. The summed E-state index contributed by atoms with van der Waals surface area (Å²) >= 11 is 7.20. The molecule has 0 saturated carbocycles. The summed E-state index contributed by atoms with van der Waals surface area (Å²) in [5, 5.41) is 12.2. The maximum absolute atomic E-state index is 14.1. The lowest BCUT2D eigenvalue weighted by molar-refractivity contribution is -0.147. The zero-order valence-corrected chi connectivity index (χ0v) is 39.2. The van der Waals surface area contributed by atoms with Gasteiger partial charge in [-0.2, -0.15) is 18.4 Å². The number of nitrogens with one attached hydrogen (secondary N) is 1. The molecule has 1 aromatic heterocycles. The van der Waals surface area contributed by atoms with Gasteiger partial charge in [-0.05, 0) is 105 Å². The number of anilines is 2. The van der Waals surface area contributed by atoms with E-state index in [-0.39, 0.29) is 67.4 Å². The molecule has 14 nitrogen and oxygen atoms in total. The van der Waals surface area contributed by atoms with Crippen LogP contribution in [0.15, 0.2) is 84.1 Å². The third-order valence-corrected chi connectivity index (χ3v) is 13.2. The summed E-state index contributed by atoms with van der Waals surface area (Å²) in [5.74, 6) is -0.711. The van der Waals surface area contributed by atoms with Crippen LogP contribution in [0, 0.1) is 24.2 Å². The minimum absolute atomic E-state index is 0.0231. The van der Waals surface area contributed by atoms with Gasteiger partial charge < -0.3 is 34.2 Å². The number of alkyl halides is 3. The van der Waals surface area contributed by atoms with Crippen LogP contribution in [0.5, 0.6) is 5.75 Å². The van der Waals surface area contributed by atoms with Crippen LogP contribution in [0.25, 0.3) is 10.4 Å². The Morgan fingerprint density at radius 1 is 1.00 bits per heavy atom. The summed E-state index contributed by atoms with van der Waals surface area (Å²) < 4.78 is 58.5. The van der Waals surface area contributed by atoms with Crippen LogP contribution in [0.3, 0.4) is 0 Å². The lowest BCUT2D eigenvalue weighted by Gasteiger charge is -2.35. The van der Waals surface area contributed by atoms with Gasteiger partial charge in [-0.1, -0.05) is 38.1 Å². The Morgan fingerprint density at radius 2 is 1.69 bits per heavy atom. The number of aromatic nitrogens is 1. The molecule has 1 N–H and O–H groups in total. The molecule has 2 fully saturated rings. The quantitative estimate of drug-likeness (QED) is 0.0831. The van der Waals surface area contributed by atoms with Crippen LogP contribution in [0.2, 0.25) is 0 Å². The number of thiocarbonyl (C=S) groups is 1. The zero-order valence-electron chi connectivity index (χ0n) is 37.6. The number of thiazole rings is 1. The fraction of sp³-hybridized carbons (Fsp3) is 0.396. The van der Waals surface area contributed by atoms with Crippen molar-refractivity contribution in [1.82, 2.24) is 20.1 Å². The first-order valence-electron chi connectivity index (χ1n) is 21.7. The summed E-state index contributed by atoms with van der Waals surface area (Å²) in [6.07, 6.45) is -2.22. The normalized spacial score (nSPS) is 17.6. The van der Waals surface area contributed by atoms with Gasteiger partial charge in [-0.15, -0.1) is 11.3 Å². The molecular weight excluding hydrogens is 908 g/mol. The number of rotatable bonds is 17. The molecule has 352 valence electrons. The summed E-state index contributed by atoms with van der Waals surface area (Å²) in [6, 6.07) is 17.8. The molecule has 4 aromatic rings. The monoisotopic (exact) mass is 957 g/mol. The predicted octanol–water partition coefficient (Wildman–Crippen LogP) is 7.40. The average Bonchev–Trinajstić information content (AvgIpc) is 4.08. The summed E-state index contributed by atoms with van der Waals surface area (Å²) in [6.45, 7) is 10.5. The highest BCUT2D eigenvalue weighted by Gasteiger charge is 2.51. The molecule has 0 bridgehead atoms. The standard InChI is InChI=1S/C48H50F3N7O7S2/c1-29(2)41(44(61)55-18-6-7-39(55)43(60)53-26-31-8-10-32(11-9-31)42-30(3)54-28-67-42)56-27-37(24-40(56)59)65-22-20-63-19-21-64-36-16-14-34(15-17-36)58-46(66)57(45(62)47(58,4)5)35-13-12-33(25-52)38(23-35)48(49,50)51/h8-17,23-24,28-29,39,41H,6-7,18-22,26-27H2,1-5H3,(H,53,60)/t39-,41?/m0/s1. The van der Waals surface area contributed by atoms with Gasteiger partial charge in [0.2, 0.25) is 11.8 Å². The van der Waals surface area contributed by atoms with Gasteiger partial charge in [0, 0.05) is 24.9 Å². The highest BCUT2D eigenvalue weighted by Crippen LogP contribution is 2.40. The molecule has 4 heterocycles. The van der Waals surface area contributed by atoms with E-state index in [1.54, 1.807) is 65.3 Å². The Labute approximate surface area is 395 Å². The first-order valence-corrected chi connectivity index (χ1v) is 23.0. The van der Waals surface area contributed by atoms with Crippen molar-refractivity contribution in [2.75, 3.05) is 49.3 Å². The van der Waals surface area contributed by atoms with Gasteiger partial charge in [0.15, 0.2) is 5.11 Å². The van der Waals surface area contributed by atoms with Gasteiger partial charge in [0.1, 0.15) is 42.3 Å². The van der Waals surface area contributed by atoms with Crippen LogP contribution in [0.4, 0.5) is 24.5 Å². The van der Waals surface area contributed by atoms with E-state index in [1.807, 2.05) is 50.5 Å². The second kappa shape index (κ2) is 20.2. The van der Waals surface area contributed by atoms with Crippen molar-refractivity contribution in [3.8, 4) is 22.3 Å². The lowest BCUT2D eigenvalue weighted by atomic mass is 10.0. The fourth-order valence-corrected chi connectivity index (χ4v) is 9.78. The van der Waals surface area contributed by atoms with Gasteiger partial charge in [0.25, 0.3) is 11.8 Å². The Kier molecular flexibility index (Phi) is 14.7. The maximum Gasteiger partial charge on any atom is 0.417 e. The van der Waals surface area contributed by atoms with Crippen molar-refractivity contribution < 1.29 is 46.6 Å². The number of ether oxygens (including phenoxy) is 3. The van der Waals surface area contributed by atoms with E-state index in [0.29, 0.717) is 43.1 Å². The smallest absolute Gasteiger partial charge is 0.417 e. The first kappa shape index (κ1) is 48.6. The SMILES string of the molecule is Cc1ncsc1-c1ccc(CNC(=O)[C@@H]2CCCN2C(=O)C(C(C)C)N2CC(OCCOCCOc3ccc(N4C(=S)N(c5ccc(C#N)c(C(F)(F)F)c5)C(=O)C4(C)C)cc3)=CC2=O)cc1. The van der Waals surface area contributed by atoms with E-state index in [0.717, 1.165) is 38.7 Å². The largest absolute Gasteiger partial charge is 0.493 e. The van der Waals surface area contributed by atoms with Gasteiger partial charge in [-0.25, -0.2) is 4.98 Å². The highest BCUT2D eigenvalue weighted by molar-refractivity contribution is 7.81. The van der Waals surface area contributed by atoms with Crippen molar-refractivity contribution in [3.05, 3.63) is 106 Å². The molecule has 3 aromatic carbocycles. The second-order valence-electron chi connectivity index (χ2n) is 17.1. The molecule has 1 unspecified atom stereocenters. The number of halogens is 3. The third-order valence-electron chi connectivity index (χ3n) is 11.8. The molecule has 0 spiro atoms. The molecule has 2 saturated heterocycles. The van der Waals surface area contributed by atoms with Crippen molar-refractivity contribution in [2.24, 2.45) is 5.92 Å². The zero-order chi connectivity index (χ0) is 48.2. The fourth-order valence-electron chi connectivity index (χ4n) is 8.45. The number of hydrogen-bond donors (Lipinski definition) is 1. The Bertz CT molecular complexity index is 2590. The summed E-state index contributed by atoms with van der Waals surface area (Å²) in [7, 11) is 0. The minimum atomic E-state index is -4.81. The molecule has 3 aliphatic rings. The van der Waals surface area contributed by atoms with Crippen LogP contribution >= 0.6 is 23.6 Å². The molecule has 4 amide bonds. The number of likely N-dealkylation sites (tertiary alicyclic amines) is 1. The number of hydrogen-bond acceptors (Lipinski definition) is 11. The van der Waals surface area contributed by atoms with E-state index < -0.39 is 40.8 Å². The number of aryl methyl sites for hydroxylation is 1. The number of amides is 4. The molecule has 67 heavy (non-hydrogen) atoms. The number of nitriles is 1. The van der Waals surface area contributed by atoms with Crippen molar-refractivity contribution in [1.29, 1.82) is 5.26 Å². The molecule has 19 heteroatoms. The molecule has 2 atom stereocenters. The molecule has 0 aliphatic carbocycles. The minimum Gasteiger partial charge on any atom is -0.493 e. The van der Waals surface area contributed by atoms with Crippen molar-refractivity contribution in [3.63, 3.8) is 0 Å². The number of carbonyl (C=O) groups is 4.